The van der Waals surface area contributed by atoms with Gasteiger partial charge in [-0.2, -0.15) is 0 Å². The molecule has 0 aromatic heterocycles. The maximum absolute atomic E-state index is 13.0. The van der Waals surface area contributed by atoms with E-state index < -0.39 is 0 Å². The first-order chi connectivity index (χ1) is 13.7. The number of rotatable bonds is 9. The number of para-hydroxylation sites is 1. The van der Waals surface area contributed by atoms with Gasteiger partial charge >= 0.3 is 0 Å². The van der Waals surface area contributed by atoms with Crippen LogP contribution in [0.2, 0.25) is 0 Å². The van der Waals surface area contributed by atoms with Crippen molar-refractivity contribution in [3.8, 4) is 5.75 Å². The van der Waals surface area contributed by atoms with Crippen LogP contribution in [-0.2, 0) is 11.3 Å². The van der Waals surface area contributed by atoms with Crippen LogP contribution in [0.1, 0.15) is 28.8 Å². The number of amides is 1. The molecule has 1 saturated heterocycles. The average Bonchev–Trinajstić information content (AvgIpc) is 2.74. The number of unbranched alkanes of at least 4 members (excludes halogenated alkanes) is 1. The topological polar surface area (TPSA) is 50.8 Å². The van der Waals surface area contributed by atoms with Crippen LogP contribution in [0, 0.1) is 5.82 Å². The van der Waals surface area contributed by atoms with E-state index in [1.54, 1.807) is 24.3 Å². The lowest BCUT2D eigenvalue weighted by Crippen LogP contribution is -2.37. The minimum Gasteiger partial charge on any atom is -0.488 e. The molecular formula is C22H27FN2O3. The predicted molar refractivity (Wildman–Crippen MR) is 106 cm³/mol. The third-order valence-electron chi connectivity index (χ3n) is 4.73. The second kappa shape index (κ2) is 10.8. The van der Waals surface area contributed by atoms with Crippen molar-refractivity contribution in [3.63, 3.8) is 0 Å². The van der Waals surface area contributed by atoms with Crippen molar-refractivity contribution in [2.75, 3.05) is 39.4 Å². The molecule has 1 fully saturated rings. The van der Waals surface area contributed by atoms with Gasteiger partial charge in [0.15, 0.2) is 0 Å². The quantitative estimate of drug-likeness (QED) is 0.672. The van der Waals surface area contributed by atoms with Gasteiger partial charge in [-0.15, -0.1) is 0 Å². The van der Waals surface area contributed by atoms with Crippen molar-refractivity contribution in [2.45, 2.75) is 19.4 Å². The number of halogens is 1. The first-order valence-electron chi connectivity index (χ1n) is 9.77. The lowest BCUT2D eigenvalue weighted by molar-refractivity contribution is 0.0372. The monoisotopic (exact) mass is 386 g/mol. The minimum absolute atomic E-state index is 0.138. The molecule has 1 aliphatic rings. The van der Waals surface area contributed by atoms with Crippen LogP contribution < -0.4 is 10.1 Å². The largest absolute Gasteiger partial charge is 0.488 e. The van der Waals surface area contributed by atoms with Gasteiger partial charge in [-0.25, -0.2) is 4.39 Å². The fourth-order valence-electron chi connectivity index (χ4n) is 3.10. The van der Waals surface area contributed by atoms with Crippen molar-refractivity contribution in [2.24, 2.45) is 0 Å². The molecule has 1 amide bonds. The van der Waals surface area contributed by atoms with E-state index in [2.05, 4.69) is 10.2 Å². The van der Waals surface area contributed by atoms with Crippen LogP contribution in [0.3, 0.4) is 0 Å². The van der Waals surface area contributed by atoms with Gasteiger partial charge in [-0.05, 0) is 49.2 Å². The summed E-state index contributed by atoms with van der Waals surface area (Å²) in [7, 11) is 0. The zero-order valence-corrected chi connectivity index (χ0v) is 16.0. The van der Waals surface area contributed by atoms with Crippen LogP contribution in [0.5, 0.6) is 5.75 Å². The third kappa shape index (κ3) is 6.32. The van der Waals surface area contributed by atoms with E-state index in [0.29, 0.717) is 17.9 Å². The second-order valence-corrected chi connectivity index (χ2v) is 6.83. The van der Waals surface area contributed by atoms with Crippen molar-refractivity contribution >= 4 is 5.91 Å². The summed E-state index contributed by atoms with van der Waals surface area (Å²) in [6.45, 7) is 5.56. The third-order valence-corrected chi connectivity index (χ3v) is 4.73. The Labute approximate surface area is 165 Å². The fourth-order valence-corrected chi connectivity index (χ4v) is 3.10. The first-order valence-corrected chi connectivity index (χ1v) is 9.77. The summed E-state index contributed by atoms with van der Waals surface area (Å²) in [5, 5.41) is 2.97. The van der Waals surface area contributed by atoms with Crippen LogP contribution >= 0.6 is 0 Å². The van der Waals surface area contributed by atoms with E-state index in [0.717, 1.165) is 51.3 Å². The number of ether oxygens (including phenoxy) is 2. The molecule has 0 spiro atoms. The predicted octanol–water partition coefficient (Wildman–Crippen LogP) is 3.25. The zero-order chi connectivity index (χ0) is 19.6. The van der Waals surface area contributed by atoms with E-state index in [-0.39, 0.29) is 18.3 Å². The first kappa shape index (κ1) is 20.3. The molecule has 6 heteroatoms. The average molecular weight is 386 g/mol. The van der Waals surface area contributed by atoms with Gasteiger partial charge in [-0.1, -0.05) is 24.3 Å². The Balaban J connectivity index is 1.43. The van der Waals surface area contributed by atoms with Crippen molar-refractivity contribution in [1.82, 2.24) is 10.2 Å². The molecule has 0 bridgehead atoms. The standard InChI is InChI=1S/C22H27FN2O3/c23-19-9-7-18(8-10-19)17-28-21-6-2-1-5-20(21)22(26)24-11-3-4-12-25-13-15-27-16-14-25/h1-2,5-10H,3-4,11-17H2,(H,24,26). The normalized spacial score (nSPS) is 14.6. The summed E-state index contributed by atoms with van der Waals surface area (Å²) in [4.78, 5) is 14.9. The van der Waals surface area contributed by atoms with Gasteiger partial charge in [0.1, 0.15) is 18.2 Å². The van der Waals surface area contributed by atoms with Crippen molar-refractivity contribution in [1.29, 1.82) is 0 Å². The number of hydrogen-bond donors (Lipinski definition) is 1. The molecule has 0 saturated carbocycles. The molecule has 2 aromatic carbocycles. The van der Waals surface area contributed by atoms with Crippen LogP contribution in [0.4, 0.5) is 4.39 Å². The molecule has 3 rings (SSSR count). The summed E-state index contributed by atoms with van der Waals surface area (Å²) in [6.07, 6.45) is 1.98. The Kier molecular flexibility index (Phi) is 7.82. The number of nitrogens with zero attached hydrogens (tertiary/aromatic N) is 1. The highest BCUT2D eigenvalue weighted by Crippen LogP contribution is 2.19. The zero-order valence-electron chi connectivity index (χ0n) is 16.0. The molecule has 28 heavy (non-hydrogen) atoms. The molecule has 1 heterocycles. The minimum atomic E-state index is -0.280. The molecule has 1 N–H and O–H groups in total. The van der Waals surface area contributed by atoms with Crippen LogP contribution in [0.15, 0.2) is 48.5 Å². The summed E-state index contributed by atoms with van der Waals surface area (Å²) in [5.74, 6) is 0.107. The Morgan fingerprint density at radius 1 is 1.07 bits per heavy atom. The number of morpholine rings is 1. The Morgan fingerprint density at radius 2 is 1.82 bits per heavy atom. The maximum atomic E-state index is 13.0. The molecule has 150 valence electrons. The smallest absolute Gasteiger partial charge is 0.255 e. The van der Waals surface area contributed by atoms with Crippen LogP contribution in [0.25, 0.3) is 0 Å². The van der Waals surface area contributed by atoms with E-state index in [1.165, 1.54) is 12.1 Å². The van der Waals surface area contributed by atoms with Crippen LogP contribution in [-0.4, -0.2) is 50.2 Å². The second-order valence-electron chi connectivity index (χ2n) is 6.83. The van der Waals surface area contributed by atoms with Gasteiger partial charge in [0.2, 0.25) is 0 Å². The highest BCUT2D eigenvalue weighted by atomic mass is 19.1. The van der Waals surface area contributed by atoms with Gasteiger partial charge in [0, 0.05) is 19.6 Å². The fraction of sp³-hybridized carbons (Fsp3) is 0.409. The number of hydrogen-bond acceptors (Lipinski definition) is 4. The Morgan fingerprint density at radius 3 is 2.61 bits per heavy atom. The summed E-state index contributed by atoms with van der Waals surface area (Å²) >= 11 is 0. The van der Waals surface area contributed by atoms with Gasteiger partial charge < -0.3 is 14.8 Å². The van der Waals surface area contributed by atoms with Crippen molar-refractivity contribution < 1.29 is 18.7 Å². The Bertz CT molecular complexity index is 746. The van der Waals surface area contributed by atoms with E-state index in [9.17, 15) is 9.18 Å². The van der Waals surface area contributed by atoms with E-state index >= 15 is 0 Å². The molecule has 0 radical (unpaired) electrons. The van der Waals surface area contributed by atoms with Crippen molar-refractivity contribution in [3.05, 3.63) is 65.5 Å². The Hall–Kier alpha value is -2.44. The highest BCUT2D eigenvalue weighted by molar-refractivity contribution is 5.96. The van der Waals surface area contributed by atoms with Gasteiger partial charge in [0.05, 0.1) is 18.8 Å². The van der Waals surface area contributed by atoms with E-state index in [1.807, 2.05) is 12.1 Å². The van der Waals surface area contributed by atoms with E-state index in [4.69, 9.17) is 9.47 Å². The number of nitrogens with one attached hydrogen (secondary N) is 1. The number of carbonyl (C=O) groups excluding carboxylic acids is 1. The van der Waals surface area contributed by atoms with Gasteiger partial charge in [0.25, 0.3) is 5.91 Å². The lowest BCUT2D eigenvalue weighted by atomic mass is 10.1. The highest BCUT2D eigenvalue weighted by Gasteiger charge is 2.12. The molecule has 0 aliphatic carbocycles. The number of carbonyl (C=O) groups is 1. The molecule has 2 aromatic rings. The molecule has 1 aliphatic heterocycles. The lowest BCUT2D eigenvalue weighted by Gasteiger charge is -2.26. The number of benzene rings is 2. The van der Waals surface area contributed by atoms with Gasteiger partial charge in [-0.3, -0.25) is 9.69 Å². The summed E-state index contributed by atoms with van der Waals surface area (Å²) < 4.78 is 24.1. The summed E-state index contributed by atoms with van der Waals surface area (Å²) in [5.41, 5.74) is 1.36. The summed E-state index contributed by atoms with van der Waals surface area (Å²) in [6, 6.07) is 13.3. The SMILES string of the molecule is O=C(NCCCCN1CCOCC1)c1ccccc1OCc1ccc(F)cc1. The molecule has 5 nitrogen and oxygen atoms in total. The molecular weight excluding hydrogens is 359 g/mol. The maximum Gasteiger partial charge on any atom is 0.255 e. The molecule has 0 unspecified atom stereocenters. The molecule has 0 atom stereocenters.